The summed E-state index contributed by atoms with van der Waals surface area (Å²) in [6.07, 6.45) is 1.75. The molecule has 21 heavy (non-hydrogen) atoms. The summed E-state index contributed by atoms with van der Waals surface area (Å²) in [5, 5.41) is 9.40. The van der Waals surface area contributed by atoms with Crippen LogP contribution in [0.15, 0.2) is 61.2 Å². The maximum absolute atomic E-state index is 11.4. The number of carbonyl (C=O) groups is 1. The van der Waals surface area contributed by atoms with E-state index in [1.54, 1.807) is 12.1 Å². The minimum absolute atomic E-state index is 0.0283. The molecule has 0 amide bonds. The molecule has 0 aliphatic carbocycles. The van der Waals surface area contributed by atoms with E-state index in [1.807, 2.05) is 24.3 Å². The van der Waals surface area contributed by atoms with Crippen LogP contribution in [0.2, 0.25) is 0 Å². The van der Waals surface area contributed by atoms with Crippen LogP contribution < -0.4 is 0 Å². The predicted octanol–water partition coefficient (Wildman–Crippen LogP) is 4.02. The number of benzene rings is 2. The van der Waals surface area contributed by atoms with Crippen molar-refractivity contribution in [3.05, 3.63) is 77.9 Å². The van der Waals surface area contributed by atoms with Gasteiger partial charge in [0.2, 0.25) is 0 Å². The standard InChI is InChI=1S/C19H20O2/c1-4-17(20)13-14-5-7-15(8-6-14)19(2,3)16-9-11-18(21)12-10-16/h4-12,21H,1,13H2,2-3H3. The van der Waals surface area contributed by atoms with Gasteiger partial charge in [-0.2, -0.15) is 0 Å². The second-order valence-corrected chi connectivity index (χ2v) is 5.72. The van der Waals surface area contributed by atoms with Gasteiger partial charge in [-0.15, -0.1) is 0 Å². The molecule has 0 unspecified atom stereocenters. The van der Waals surface area contributed by atoms with Gasteiger partial charge in [0.05, 0.1) is 0 Å². The van der Waals surface area contributed by atoms with E-state index in [1.165, 1.54) is 11.6 Å². The molecule has 0 bridgehead atoms. The average molecular weight is 280 g/mol. The van der Waals surface area contributed by atoms with Crippen LogP contribution in [-0.2, 0) is 16.6 Å². The summed E-state index contributed by atoms with van der Waals surface area (Å²) in [6.45, 7) is 7.77. The van der Waals surface area contributed by atoms with E-state index in [-0.39, 0.29) is 16.9 Å². The number of carbonyl (C=O) groups excluding carboxylic acids is 1. The van der Waals surface area contributed by atoms with Gasteiger partial charge in [-0.3, -0.25) is 4.79 Å². The third-order valence-corrected chi connectivity index (χ3v) is 3.87. The van der Waals surface area contributed by atoms with Crippen LogP contribution >= 0.6 is 0 Å². The zero-order valence-electron chi connectivity index (χ0n) is 12.5. The number of phenolic OH excluding ortho intramolecular Hbond substituents is 1. The van der Waals surface area contributed by atoms with Crippen molar-refractivity contribution in [2.75, 3.05) is 0 Å². The quantitative estimate of drug-likeness (QED) is 0.840. The fraction of sp³-hybridized carbons (Fsp3) is 0.211. The lowest BCUT2D eigenvalue weighted by atomic mass is 9.78. The summed E-state index contributed by atoms with van der Waals surface area (Å²) in [7, 11) is 0. The number of aromatic hydroxyl groups is 1. The molecule has 108 valence electrons. The van der Waals surface area contributed by atoms with E-state index < -0.39 is 0 Å². The fourth-order valence-electron chi connectivity index (χ4n) is 2.36. The van der Waals surface area contributed by atoms with E-state index in [0.717, 1.165) is 11.1 Å². The van der Waals surface area contributed by atoms with Crippen LogP contribution in [0.4, 0.5) is 0 Å². The number of allylic oxidation sites excluding steroid dienone is 1. The van der Waals surface area contributed by atoms with Crippen LogP contribution in [-0.4, -0.2) is 10.9 Å². The molecule has 0 saturated heterocycles. The Bertz CT molecular complexity index is 634. The summed E-state index contributed by atoms with van der Waals surface area (Å²) in [5.41, 5.74) is 3.14. The Labute approximate surface area is 125 Å². The van der Waals surface area contributed by atoms with Crippen molar-refractivity contribution in [2.45, 2.75) is 25.7 Å². The van der Waals surface area contributed by atoms with Gasteiger partial charge in [-0.1, -0.05) is 56.8 Å². The van der Waals surface area contributed by atoms with Crippen molar-refractivity contribution in [1.82, 2.24) is 0 Å². The van der Waals surface area contributed by atoms with E-state index in [2.05, 4.69) is 32.6 Å². The zero-order chi connectivity index (χ0) is 15.5. The molecule has 0 aliphatic rings. The maximum Gasteiger partial charge on any atom is 0.159 e. The lowest BCUT2D eigenvalue weighted by Crippen LogP contribution is -2.18. The molecular formula is C19H20O2. The molecule has 0 spiro atoms. The number of phenols is 1. The van der Waals surface area contributed by atoms with Gasteiger partial charge in [0, 0.05) is 11.8 Å². The van der Waals surface area contributed by atoms with Crippen molar-refractivity contribution in [2.24, 2.45) is 0 Å². The number of hydrogen-bond acceptors (Lipinski definition) is 2. The first-order valence-corrected chi connectivity index (χ1v) is 6.97. The first-order valence-electron chi connectivity index (χ1n) is 6.97. The smallest absolute Gasteiger partial charge is 0.159 e. The highest BCUT2D eigenvalue weighted by atomic mass is 16.3. The predicted molar refractivity (Wildman–Crippen MR) is 85.6 cm³/mol. The number of ketones is 1. The van der Waals surface area contributed by atoms with Gasteiger partial charge in [0.1, 0.15) is 5.75 Å². The Balaban J connectivity index is 2.26. The fourth-order valence-corrected chi connectivity index (χ4v) is 2.36. The first kappa shape index (κ1) is 15.0. The molecule has 2 aromatic carbocycles. The Morgan fingerprint density at radius 2 is 1.52 bits per heavy atom. The van der Waals surface area contributed by atoms with Gasteiger partial charge < -0.3 is 5.11 Å². The average Bonchev–Trinajstić information content (AvgIpc) is 2.48. The molecule has 0 atom stereocenters. The molecule has 2 heteroatoms. The minimum Gasteiger partial charge on any atom is -0.508 e. The number of rotatable bonds is 5. The summed E-state index contributed by atoms with van der Waals surface area (Å²) < 4.78 is 0. The molecule has 0 aliphatic heterocycles. The first-order chi connectivity index (χ1) is 9.93. The highest BCUT2D eigenvalue weighted by Gasteiger charge is 2.22. The molecule has 0 aromatic heterocycles. The van der Waals surface area contributed by atoms with Crippen molar-refractivity contribution in [3.8, 4) is 5.75 Å². The van der Waals surface area contributed by atoms with Crippen molar-refractivity contribution in [1.29, 1.82) is 0 Å². The topological polar surface area (TPSA) is 37.3 Å². The molecular weight excluding hydrogens is 260 g/mol. The summed E-state index contributed by atoms with van der Waals surface area (Å²) in [6, 6.07) is 15.4. The van der Waals surface area contributed by atoms with E-state index in [4.69, 9.17) is 0 Å². The molecule has 0 heterocycles. The lowest BCUT2D eigenvalue weighted by Gasteiger charge is -2.26. The van der Waals surface area contributed by atoms with Gasteiger partial charge in [0.25, 0.3) is 0 Å². The third kappa shape index (κ3) is 3.40. The highest BCUT2D eigenvalue weighted by Crippen LogP contribution is 2.32. The Hall–Kier alpha value is -2.35. The minimum atomic E-state index is -0.158. The van der Waals surface area contributed by atoms with Crippen molar-refractivity contribution >= 4 is 5.78 Å². The zero-order valence-corrected chi connectivity index (χ0v) is 12.5. The van der Waals surface area contributed by atoms with Crippen LogP contribution in [0.1, 0.15) is 30.5 Å². The third-order valence-electron chi connectivity index (χ3n) is 3.87. The van der Waals surface area contributed by atoms with E-state index in [0.29, 0.717) is 6.42 Å². The second-order valence-electron chi connectivity index (χ2n) is 5.72. The van der Waals surface area contributed by atoms with Gasteiger partial charge >= 0.3 is 0 Å². The molecule has 2 aromatic rings. The van der Waals surface area contributed by atoms with E-state index in [9.17, 15) is 9.90 Å². The molecule has 0 radical (unpaired) electrons. The number of hydrogen-bond donors (Lipinski definition) is 1. The second kappa shape index (κ2) is 5.96. The van der Waals surface area contributed by atoms with Crippen LogP contribution in [0.25, 0.3) is 0 Å². The lowest BCUT2D eigenvalue weighted by molar-refractivity contribution is -0.114. The van der Waals surface area contributed by atoms with Gasteiger partial charge in [-0.25, -0.2) is 0 Å². The normalized spacial score (nSPS) is 11.1. The van der Waals surface area contributed by atoms with Crippen molar-refractivity contribution < 1.29 is 9.90 Å². The Morgan fingerprint density at radius 1 is 1.05 bits per heavy atom. The molecule has 2 nitrogen and oxygen atoms in total. The van der Waals surface area contributed by atoms with Crippen molar-refractivity contribution in [3.63, 3.8) is 0 Å². The Kier molecular flexibility index (Phi) is 4.27. The highest BCUT2D eigenvalue weighted by molar-refractivity contribution is 5.90. The molecule has 2 rings (SSSR count). The van der Waals surface area contributed by atoms with Crippen LogP contribution in [0.3, 0.4) is 0 Å². The SMILES string of the molecule is C=CC(=O)Cc1ccc(C(C)(C)c2ccc(O)cc2)cc1. The van der Waals surface area contributed by atoms with E-state index >= 15 is 0 Å². The van der Waals surface area contributed by atoms with Gasteiger partial charge in [-0.05, 0) is 34.9 Å². The Morgan fingerprint density at radius 3 is 2.00 bits per heavy atom. The summed E-state index contributed by atoms with van der Waals surface area (Å²) in [4.78, 5) is 11.4. The summed E-state index contributed by atoms with van der Waals surface area (Å²) >= 11 is 0. The molecule has 1 N–H and O–H groups in total. The van der Waals surface area contributed by atoms with Gasteiger partial charge in [0.15, 0.2) is 5.78 Å². The largest absolute Gasteiger partial charge is 0.508 e. The maximum atomic E-state index is 11.4. The molecule has 0 saturated carbocycles. The monoisotopic (exact) mass is 280 g/mol. The molecule has 0 fully saturated rings. The van der Waals surface area contributed by atoms with Crippen LogP contribution in [0.5, 0.6) is 5.75 Å². The summed E-state index contributed by atoms with van der Waals surface area (Å²) in [5.74, 6) is 0.299. The van der Waals surface area contributed by atoms with Crippen LogP contribution in [0, 0.1) is 0 Å².